The van der Waals surface area contributed by atoms with E-state index in [1.165, 1.54) is 18.2 Å². The lowest BCUT2D eigenvalue weighted by Gasteiger charge is -2.11. The Hall–Kier alpha value is -2.61. The van der Waals surface area contributed by atoms with Crippen molar-refractivity contribution in [3.63, 3.8) is 0 Å². The van der Waals surface area contributed by atoms with Crippen LogP contribution in [0.25, 0.3) is 22.5 Å². The highest BCUT2D eigenvalue weighted by atomic mass is 32.2. The average molecular weight is 380 g/mol. The normalized spacial score (nSPS) is 12.3. The molecule has 0 bridgehead atoms. The van der Waals surface area contributed by atoms with Gasteiger partial charge in [0.25, 0.3) is 0 Å². The van der Waals surface area contributed by atoms with Gasteiger partial charge in [-0.1, -0.05) is 29.8 Å². The first-order valence-electron chi connectivity index (χ1n) is 7.60. The fraction of sp³-hybridized carbons (Fsp3) is 0.167. The molecule has 0 fully saturated rings. The van der Waals surface area contributed by atoms with E-state index in [0.717, 1.165) is 18.0 Å². The molecule has 0 amide bonds. The molecule has 0 aliphatic rings. The van der Waals surface area contributed by atoms with Crippen molar-refractivity contribution in [2.45, 2.75) is 18.0 Å². The third kappa shape index (κ3) is 3.65. The van der Waals surface area contributed by atoms with Gasteiger partial charge >= 0.3 is 6.18 Å². The van der Waals surface area contributed by atoms with E-state index in [0.29, 0.717) is 16.7 Å². The molecule has 3 rings (SSSR count). The summed E-state index contributed by atoms with van der Waals surface area (Å²) in [4.78, 5) is 6.23. The Morgan fingerprint density at radius 1 is 1.00 bits per heavy atom. The van der Waals surface area contributed by atoms with E-state index in [1.54, 1.807) is 12.1 Å². The van der Waals surface area contributed by atoms with Crippen LogP contribution in [0.4, 0.5) is 13.2 Å². The smallest absolute Gasteiger partial charge is 0.344 e. The molecule has 0 atom stereocenters. The fourth-order valence-corrected chi connectivity index (χ4v) is 3.18. The van der Waals surface area contributed by atoms with Crippen molar-refractivity contribution in [1.82, 2.24) is 9.97 Å². The minimum absolute atomic E-state index is 0.0213. The monoisotopic (exact) mass is 380 g/mol. The Balaban J connectivity index is 2.21. The van der Waals surface area contributed by atoms with Crippen molar-refractivity contribution in [1.29, 1.82) is 0 Å². The maximum atomic E-state index is 12.8. The third-order valence-electron chi connectivity index (χ3n) is 3.91. The van der Waals surface area contributed by atoms with E-state index in [9.17, 15) is 21.6 Å². The summed E-state index contributed by atoms with van der Waals surface area (Å²) < 4.78 is 62.3. The Morgan fingerprint density at radius 2 is 1.65 bits per heavy atom. The van der Waals surface area contributed by atoms with Crippen LogP contribution in [-0.4, -0.2) is 24.6 Å². The summed E-state index contributed by atoms with van der Waals surface area (Å²) in [6.45, 7) is 1.90. The highest BCUT2D eigenvalue weighted by molar-refractivity contribution is 7.90. The number of nitrogens with one attached hydrogen (secondary N) is 1. The van der Waals surface area contributed by atoms with Gasteiger partial charge in [0.1, 0.15) is 5.82 Å². The molecule has 0 aliphatic heterocycles. The number of nitrogens with zero attached hydrogens (tertiary/aromatic N) is 1. The molecule has 1 N–H and O–H groups in total. The molecule has 4 nitrogen and oxygen atoms in total. The molecule has 3 aromatic rings. The lowest BCUT2D eigenvalue weighted by molar-refractivity contribution is -0.140. The predicted molar refractivity (Wildman–Crippen MR) is 92.3 cm³/mol. The first kappa shape index (κ1) is 18.2. The Labute approximate surface area is 148 Å². The molecule has 0 unspecified atom stereocenters. The lowest BCUT2D eigenvalue weighted by Crippen LogP contribution is -2.05. The van der Waals surface area contributed by atoms with Crippen LogP contribution in [0.2, 0.25) is 0 Å². The Kier molecular flexibility index (Phi) is 4.39. The van der Waals surface area contributed by atoms with Crippen LogP contribution in [0.1, 0.15) is 11.3 Å². The molecule has 0 aliphatic carbocycles. The van der Waals surface area contributed by atoms with E-state index < -0.39 is 21.7 Å². The van der Waals surface area contributed by atoms with Gasteiger partial charge in [0, 0.05) is 18.0 Å². The number of hydrogen-bond donors (Lipinski definition) is 1. The van der Waals surface area contributed by atoms with Crippen LogP contribution >= 0.6 is 0 Å². The molecule has 136 valence electrons. The highest BCUT2D eigenvalue weighted by Gasteiger charge is 2.34. The minimum atomic E-state index is -4.56. The fourth-order valence-electron chi connectivity index (χ4n) is 2.54. The number of aromatic nitrogens is 2. The SMILES string of the molecule is Cc1ccc(-c2cc(S(C)(=O)=O)ccc2-c2nc(C(F)(F)F)c[nH]2)cc1. The lowest BCUT2D eigenvalue weighted by atomic mass is 9.98. The van der Waals surface area contributed by atoms with E-state index in [1.807, 2.05) is 19.1 Å². The zero-order valence-corrected chi connectivity index (χ0v) is 14.7. The quantitative estimate of drug-likeness (QED) is 0.729. The number of imidazole rings is 1. The summed E-state index contributed by atoms with van der Waals surface area (Å²) in [5, 5.41) is 0. The van der Waals surface area contributed by atoms with E-state index >= 15 is 0 Å². The van der Waals surface area contributed by atoms with Crippen molar-refractivity contribution >= 4 is 9.84 Å². The standard InChI is InChI=1S/C18H15F3N2O2S/c1-11-3-5-12(6-4-11)15-9-13(26(2,24)25)7-8-14(15)17-22-10-16(23-17)18(19,20)21/h3-10H,1-2H3,(H,22,23). The summed E-state index contributed by atoms with van der Waals surface area (Å²) in [6.07, 6.45) is -2.69. The molecule has 0 spiro atoms. The number of aryl methyl sites for hydroxylation is 1. The molecule has 0 saturated heterocycles. The van der Waals surface area contributed by atoms with Gasteiger partial charge in [-0.25, -0.2) is 13.4 Å². The molecule has 2 aromatic carbocycles. The molecular formula is C18H15F3N2O2S. The Morgan fingerprint density at radius 3 is 2.19 bits per heavy atom. The average Bonchev–Trinajstić information content (AvgIpc) is 3.04. The second kappa shape index (κ2) is 6.28. The second-order valence-electron chi connectivity index (χ2n) is 5.98. The number of hydrogen-bond acceptors (Lipinski definition) is 3. The maximum absolute atomic E-state index is 12.8. The summed E-state index contributed by atoms with van der Waals surface area (Å²) in [5.74, 6) is 0.0213. The summed E-state index contributed by atoms with van der Waals surface area (Å²) in [6, 6.07) is 11.5. The zero-order chi connectivity index (χ0) is 19.1. The molecule has 26 heavy (non-hydrogen) atoms. The largest absolute Gasteiger partial charge is 0.434 e. The van der Waals surface area contributed by atoms with Crippen molar-refractivity contribution in [3.05, 3.63) is 59.9 Å². The molecule has 0 radical (unpaired) electrons. The minimum Gasteiger partial charge on any atom is -0.344 e. The number of H-pyrrole nitrogens is 1. The second-order valence-corrected chi connectivity index (χ2v) is 7.99. The number of sulfone groups is 1. The first-order valence-corrected chi connectivity index (χ1v) is 9.49. The van der Waals surface area contributed by atoms with Gasteiger partial charge < -0.3 is 4.98 Å². The topological polar surface area (TPSA) is 62.8 Å². The number of alkyl halides is 3. The van der Waals surface area contributed by atoms with E-state index in [2.05, 4.69) is 9.97 Å². The summed E-state index contributed by atoms with van der Waals surface area (Å²) in [5.41, 5.74) is 1.52. The van der Waals surface area contributed by atoms with Crippen molar-refractivity contribution in [3.8, 4) is 22.5 Å². The van der Waals surface area contributed by atoms with Crippen molar-refractivity contribution in [2.24, 2.45) is 0 Å². The number of benzene rings is 2. The maximum Gasteiger partial charge on any atom is 0.434 e. The summed E-state index contributed by atoms with van der Waals surface area (Å²) in [7, 11) is -3.47. The van der Waals surface area contributed by atoms with Gasteiger partial charge in [-0.15, -0.1) is 0 Å². The van der Waals surface area contributed by atoms with Crippen LogP contribution in [0, 0.1) is 6.92 Å². The van der Waals surface area contributed by atoms with E-state index in [4.69, 9.17) is 0 Å². The van der Waals surface area contributed by atoms with Gasteiger partial charge in [-0.2, -0.15) is 13.2 Å². The van der Waals surface area contributed by atoms with Gasteiger partial charge in [0.15, 0.2) is 15.5 Å². The predicted octanol–water partition coefficient (Wildman–Crippen LogP) is 4.47. The van der Waals surface area contributed by atoms with Crippen LogP contribution < -0.4 is 0 Å². The molecule has 1 heterocycles. The summed E-state index contributed by atoms with van der Waals surface area (Å²) >= 11 is 0. The van der Waals surface area contributed by atoms with Gasteiger partial charge in [0.2, 0.25) is 0 Å². The molecule has 1 aromatic heterocycles. The Bertz CT molecular complexity index is 1050. The van der Waals surface area contributed by atoms with Gasteiger partial charge in [-0.3, -0.25) is 0 Å². The third-order valence-corrected chi connectivity index (χ3v) is 5.02. The number of halogens is 3. The number of rotatable bonds is 3. The number of aromatic amines is 1. The van der Waals surface area contributed by atoms with Crippen molar-refractivity contribution < 1.29 is 21.6 Å². The first-order chi connectivity index (χ1) is 12.1. The molecular weight excluding hydrogens is 365 g/mol. The van der Waals surface area contributed by atoms with Crippen molar-refractivity contribution in [2.75, 3.05) is 6.26 Å². The zero-order valence-electron chi connectivity index (χ0n) is 13.9. The van der Waals surface area contributed by atoms with E-state index in [-0.39, 0.29) is 10.7 Å². The van der Waals surface area contributed by atoms with Crippen LogP contribution in [0.3, 0.4) is 0 Å². The van der Waals surface area contributed by atoms with Gasteiger partial charge in [-0.05, 0) is 36.2 Å². The highest BCUT2D eigenvalue weighted by Crippen LogP contribution is 2.35. The van der Waals surface area contributed by atoms with Gasteiger partial charge in [0.05, 0.1) is 4.90 Å². The van der Waals surface area contributed by atoms with Crippen LogP contribution in [0.5, 0.6) is 0 Å². The molecule has 0 saturated carbocycles. The van der Waals surface area contributed by atoms with Crippen LogP contribution in [0.15, 0.2) is 53.6 Å². The molecule has 8 heteroatoms. The van der Waals surface area contributed by atoms with Crippen LogP contribution in [-0.2, 0) is 16.0 Å².